The number of benzene rings is 1. The summed E-state index contributed by atoms with van der Waals surface area (Å²) in [5, 5.41) is 6.48. The lowest BCUT2D eigenvalue weighted by molar-refractivity contribution is -0.120. The number of nitrogens with zero attached hydrogens (tertiary/aromatic N) is 3. The van der Waals surface area contributed by atoms with Crippen LogP contribution in [0, 0.1) is 0 Å². The Morgan fingerprint density at radius 2 is 2.00 bits per heavy atom. The van der Waals surface area contributed by atoms with E-state index in [4.69, 9.17) is 4.74 Å². The SMILES string of the molecule is CCOc1cncc(-c2ccc(NC(=O)C(C)(C)c3csc(NSC4CCC4)n3)cc2)n1. The van der Waals surface area contributed by atoms with E-state index < -0.39 is 5.41 Å². The number of carbonyl (C=O) groups is 1. The van der Waals surface area contributed by atoms with Crippen molar-refractivity contribution in [2.24, 2.45) is 0 Å². The number of ether oxygens (including phenoxy) is 1. The van der Waals surface area contributed by atoms with Crippen molar-refractivity contribution in [3.63, 3.8) is 0 Å². The zero-order chi connectivity index (χ0) is 22.6. The lowest BCUT2D eigenvalue weighted by atomic mass is 9.89. The smallest absolute Gasteiger partial charge is 0.236 e. The number of nitrogens with one attached hydrogen (secondary N) is 2. The first-order chi connectivity index (χ1) is 15.5. The van der Waals surface area contributed by atoms with Gasteiger partial charge in [0.2, 0.25) is 11.8 Å². The van der Waals surface area contributed by atoms with Gasteiger partial charge >= 0.3 is 0 Å². The summed E-state index contributed by atoms with van der Waals surface area (Å²) in [4.78, 5) is 26.3. The molecule has 0 unspecified atom stereocenters. The molecule has 2 aromatic heterocycles. The van der Waals surface area contributed by atoms with E-state index in [9.17, 15) is 4.79 Å². The highest BCUT2D eigenvalue weighted by Crippen LogP contribution is 2.34. The zero-order valence-electron chi connectivity index (χ0n) is 18.4. The van der Waals surface area contributed by atoms with Crippen LogP contribution in [0.1, 0.15) is 45.7 Å². The molecule has 4 rings (SSSR count). The number of amides is 1. The minimum Gasteiger partial charge on any atom is -0.477 e. The molecule has 1 aliphatic carbocycles. The molecule has 0 spiro atoms. The fourth-order valence-corrected chi connectivity index (χ4v) is 5.00. The summed E-state index contributed by atoms with van der Waals surface area (Å²) >= 11 is 3.27. The number of rotatable bonds is 9. The molecule has 7 nitrogen and oxygen atoms in total. The van der Waals surface area contributed by atoms with Crippen LogP contribution in [-0.4, -0.2) is 32.7 Å². The molecule has 0 bridgehead atoms. The van der Waals surface area contributed by atoms with E-state index in [0.29, 0.717) is 17.7 Å². The standard InChI is InChI=1S/C23H27N5O2S2/c1-4-30-20-13-24-12-18(26-20)15-8-10-16(11-9-15)25-21(29)23(2,3)19-14-31-22(27-19)28-32-17-6-5-7-17/h8-14,17H,4-7H2,1-3H3,(H,25,29)(H,27,28). The van der Waals surface area contributed by atoms with Gasteiger partial charge in [-0.3, -0.25) is 9.78 Å². The fraction of sp³-hybridized carbons (Fsp3) is 0.391. The Labute approximate surface area is 196 Å². The Kier molecular flexibility index (Phi) is 6.95. The van der Waals surface area contributed by atoms with Crippen molar-refractivity contribution in [1.82, 2.24) is 15.0 Å². The Bertz CT molecular complexity index is 1060. The molecule has 0 aliphatic heterocycles. The van der Waals surface area contributed by atoms with E-state index in [-0.39, 0.29) is 5.91 Å². The van der Waals surface area contributed by atoms with Crippen LogP contribution in [0.4, 0.5) is 10.8 Å². The largest absolute Gasteiger partial charge is 0.477 e. The molecule has 3 aromatic rings. The predicted molar refractivity (Wildman–Crippen MR) is 131 cm³/mol. The first kappa shape index (κ1) is 22.5. The zero-order valence-corrected chi connectivity index (χ0v) is 20.1. The van der Waals surface area contributed by atoms with Crippen LogP contribution < -0.4 is 14.8 Å². The second-order valence-corrected chi connectivity index (χ2v) is 10.1. The Balaban J connectivity index is 1.39. The lowest BCUT2D eigenvalue weighted by Crippen LogP contribution is -2.35. The van der Waals surface area contributed by atoms with Gasteiger partial charge in [0.1, 0.15) is 0 Å². The highest BCUT2D eigenvalue weighted by atomic mass is 32.2. The van der Waals surface area contributed by atoms with Crippen LogP contribution in [0.2, 0.25) is 0 Å². The fourth-order valence-electron chi connectivity index (χ4n) is 3.06. The maximum absolute atomic E-state index is 13.0. The Morgan fingerprint density at radius 3 is 2.69 bits per heavy atom. The van der Waals surface area contributed by atoms with Crippen LogP contribution in [0.5, 0.6) is 5.88 Å². The molecule has 1 aliphatic rings. The number of hydrogen-bond donors (Lipinski definition) is 2. The molecule has 1 amide bonds. The van der Waals surface area contributed by atoms with Gasteiger partial charge in [0.15, 0.2) is 5.13 Å². The maximum Gasteiger partial charge on any atom is 0.236 e. The number of carbonyl (C=O) groups excluding carboxylic acids is 1. The van der Waals surface area contributed by atoms with Crippen molar-refractivity contribution in [2.75, 3.05) is 16.6 Å². The van der Waals surface area contributed by atoms with Gasteiger partial charge in [-0.1, -0.05) is 18.6 Å². The number of hydrogen-bond acceptors (Lipinski definition) is 8. The molecule has 1 saturated carbocycles. The molecule has 1 aromatic carbocycles. The topological polar surface area (TPSA) is 89.0 Å². The van der Waals surface area contributed by atoms with Crippen molar-refractivity contribution in [2.45, 2.75) is 50.7 Å². The third-order valence-corrected chi connectivity index (χ3v) is 7.42. The second kappa shape index (κ2) is 9.87. The van der Waals surface area contributed by atoms with Gasteiger partial charge in [0, 0.05) is 21.9 Å². The van der Waals surface area contributed by atoms with Gasteiger partial charge in [-0.05, 0) is 57.7 Å². The van der Waals surface area contributed by atoms with E-state index in [2.05, 4.69) is 25.0 Å². The average Bonchev–Trinajstić information content (AvgIpc) is 3.23. The summed E-state index contributed by atoms with van der Waals surface area (Å²) in [5.74, 6) is 0.388. The molecule has 0 atom stereocenters. The van der Waals surface area contributed by atoms with E-state index >= 15 is 0 Å². The maximum atomic E-state index is 13.0. The number of aromatic nitrogens is 3. The second-order valence-electron chi connectivity index (χ2n) is 8.14. The van der Waals surface area contributed by atoms with Gasteiger partial charge in [-0.2, -0.15) is 0 Å². The predicted octanol–water partition coefficient (Wildman–Crippen LogP) is 5.53. The van der Waals surface area contributed by atoms with E-state index in [1.807, 2.05) is 50.4 Å². The van der Waals surface area contributed by atoms with Crippen LogP contribution in [0.25, 0.3) is 11.3 Å². The summed E-state index contributed by atoms with van der Waals surface area (Å²) in [6.45, 7) is 6.23. The average molecular weight is 470 g/mol. The minimum atomic E-state index is -0.756. The molecule has 9 heteroatoms. The minimum absolute atomic E-state index is 0.105. The van der Waals surface area contributed by atoms with E-state index in [1.165, 1.54) is 30.6 Å². The molecule has 32 heavy (non-hydrogen) atoms. The molecule has 1 fully saturated rings. The van der Waals surface area contributed by atoms with Crippen molar-refractivity contribution >= 4 is 40.0 Å². The van der Waals surface area contributed by atoms with Gasteiger partial charge in [-0.25, -0.2) is 9.97 Å². The molecule has 168 valence electrons. The molecule has 0 radical (unpaired) electrons. The van der Waals surface area contributed by atoms with Crippen molar-refractivity contribution in [1.29, 1.82) is 0 Å². The third kappa shape index (κ3) is 5.21. The molecule has 2 heterocycles. The molecule has 0 saturated heterocycles. The third-order valence-electron chi connectivity index (χ3n) is 5.42. The quantitative estimate of drug-likeness (QED) is 0.398. The van der Waals surface area contributed by atoms with E-state index in [1.54, 1.807) is 24.3 Å². The Morgan fingerprint density at radius 1 is 1.22 bits per heavy atom. The molecular weight excluding hydrogens is 442 g/mol. The summed E-state index contributed by atoms with van der Waals surface area (Å²) in [7, 11) is 0. The summed E-state index contributed by atoms with van der Waals surface area (Å²) < 4.78 is 8.75. The van der Waals surface area contributed by atoms with Crippen LogP contribution in [0.3, 0.4) is 0 Å². The molecular formula is C23H27N5O2S2. The van der Waals surface area contributed by atoms with Gasteiger partial charge in [-0.15, -0.1) is 11.3 Å². The van der Waals surface area contributed by atoms with Crippen LogP contribution >= 0.6 is 23.3 Å². The van der Waals surface area contributed by atoms with E-state index in [0.717, 1.165) is 27.8 Å². The lowest BCUT2D eigenvalue weighted by Gasteiger charge is -2.24. The van der Waals surface area contributed by atoms with Gasteiger partial charge in [0.05, 0.1) is 35.8 Å². The summed E-state index contributed by atoms with van der Waals surface area (Å²) in [5.41, 5.74) is 2.34. The highest BCUT2D eigenvalue weighted by molar-refractivity contribution is 8.01. The summed E-state index contributed by atoms with van der Waals surface area (Å²) in [6, 6.07) is 7.54. The van der Waals surface area contributed by atoms with Gasteiger partial charge in [0.25, 0.3) is 0 Å². The van der Waals surface area contributed by atoms with Crippen molar-refractivity contribution < 1.29 is 9.53 Å². The number of anilines is 2. The van der Waals surface area contributed by atoms with Gasteiger partial charge < -0.3 is 14.8 Å². The van der Waals surface area contributed by atoms with Crippen molar-refractivity contribution in [3.8, 4) is 17.1 Å². The summed E-state index contributed by atoms with van der Waals surface area (Å²) in [6.07, 6.45) is 7.11. The highest BCUT2D eigenvalue weighted by Gasteiger charge is 2.32. The first-order valence-corrected chi connectivity index (χ1v) is 12.5. The van der Waals surface area contributed by atoms with Crippen LogP contribution in [-0.2, 0) is 10.2 Å². The monoisotopic (exact) mass is 469 g/mol. The number of thiazole rings is 1. The molecule has 2 N–H and O–H groups in total. The van der Waals surface area contributed by atoms with Crippen molar-refractivity contribution in [3.05, 3.63) is 47.7 Å². The van der Waals surface area contributed by atoms with Crippen LogP contribution in [0.15, 0.2) is 42.0 Å². The Hall–Kier alpha value is -2.65. The normalized spacial score (nSPS) is 14.0. The first-order valence-electron chi connectivity index (χ1n) is 10.7.